The summed E-state index contributed by atoms with van der Waals surface area (Å²) in [5.74, 6) is 1.08. The Morgan fingerprint density at radius 1 is 1.08 bits per heavy atom. The molecule has 0 bridgehead atoms. The van der Waals surface area contributed by atoms with E-state index in [9.17, 15) is 5.11 Å². The minimum atomic E-state index is -0.417. The first kappa shape index (κ1) is 25.9. The van der Waals surface area contributed by atoms with Crippen LogP contribution in [0.2, 0.25) is 5.02 Å². The number of halogens is 1. The van der Waals surface area contributed by atoms with Crippen molar-refractivity contribution in [3.05, 3.63) is 99.1 Å². The molecular formula is C33H38ClNO2. The van der Waals surface area contributed by atoms with Gasteiger partial charge in [-0.25, -0.2) is 0 Å². The summed E-state index contributed by atoms with van der Waals surface area (Å²) < 4.78 is 6.66. The SMILES string of the molecule is CCCC(C)(c1cc(O)c2c(c1)OC(C)(C)C1=C2CN(Cc2ccccc2)CC1)c1cc(Cl)ccc1C. The molecule has 0 aromatic heterocycles. The zero-order chi connectivity index (χ0) is 26.4. The molecule has 1 atom stereocenters. The highest BCUT2D eigenvalue weighted by atomic mass is 35.5. The molecule has 194 valence electrons. The molecule has 0 spiro atoms. The van der Waals surface area contributed by atoms with Gasteiger partial charge >= 0.3 is 0 Å². The summed E-state index contributed by atoms with van der Waals surface area (Å²) in [6, 6.07) is 20.9. The predicted molar refractivity (Wildman–Crippen MR) is 154 cm³/mol. The van der Waals surface area contributed by atoms with Crippen LogP contribution in [-0.2, 0) is 12.0 Å². The summed E-state index contributed by atoms with van der Waals surface area (Å²) in [6.07, 6.45) is 2.88. The van der Waals surface area contributed by atoms with Crippen molar-refractivity contribution in [3.63, 3.8) is 0 Å². The summed E-state index contributed by atoms with van der Waals surface area (Å²) in [4.78, 5) is 2.48. The van der Waals surface area contributed by atoms with E-state index >= 15 is 0 Å². The Morgan fingerprint density at radius 3 is 2.57 bits per heavy atom. The molecule has 0 fully saturated rings. The number of hydrogen-bond acceptors (Lipinski definition) is 3. The van der Waals surface area contributed by atoms with Gasteiger partial charge < -0.3 is 9.84 Å². The largest absolute Gasteiger partial charge is 0.507 e. The average Bonchev–Trinajstić information content (AvgIpc) is 2.85. The molecule has 2 heterocycles. The van der Waals surface area contributed by atoms with Gasteiger partial charge in [-0.1, -0.05) is 68.3 Å². The Balaban J connectivity index is 1.58. The number of nitrogens with zero attached hydrogens (tertiary/aromatic N) is 1. The van der Waals surface area contributed by atoms with Crippen LogP contribution in [0, 0.1) is 6.92 Å². The van der Waals surface area contributed by atoms with Gasteiger partial charge in [-0.2, -0.15) is 0 Å². The quantitative estimate of drug-likeness (QED) is 0.358. The lowest BCUT2D eigenvalue weighted by Gasteiger charge is -2.43. The highest BCUT2D eigenvalue weighted by Gasteiger charge is 2.40. The molecule has 0 aliphatic carbocycles. The third-order valence-electron chi connectivity index (χ3n) is 8.33. The summed E-state index contributed by atoms with van der Waals surface area (Å²) in [5.41, 5.74) is 7.43. The summed E-state index contributed by atoms with van der Waals surface area (Å²) in [5, 5.41) is 12.3. The van der Waals surface area contributed by atoms with Gasteiger partial charge in [0.1, 0.15) is 17.1 Å². The van der Waals surface area contributed by atoms with E-state index in [1.165, 1.54) is 27.8 Å². The lowest BCUT2D eigenvalue weighted by atomic mass is 9.70. The molecule has 0 radical (unpaired) electrons. The van der Waals surface area contributed by atoms with Gasteiger partial charge in [0.25, 0.3) is 0 Å². The van der Waals surface area contributed by atoms with Crippen LogP contribution >= 0.6 is 11.6 Å². The fourth-order valence-corrected chi connectivity index (χ4v) is 6.62. The maximum atomic E-state index is 11.6. The van der Waals surface area contributed by atoms with Crippen LogP contribution < -0.4 is 4.74 Å². The third-order valence-corrected chi connectivity index (χ3v) is 8.56. The summed E-state index contributed by atoms with van der Waals surface area (Å²) in [7, 11) is 0. The molecule has 1 N–H and O–H groups in total. The molecule has 5 rings (SSSR count). The number of phenols is 1. The molecule has 0 saturated heterocycles. The van der Waals surface area contributed by atoms with Crippen molar-refractivity contribution in [3.8, 4) is 11.5 Å². The number of aryl methyl sites for hydroxylation is 1. The van der Waals surface area contributed by atoms with E-state index in [-0.39, 0.29) is 5.41 Å². The lowest BCUT2D eigenvalue weighted by molar-refractivity contribution is 0.129. The molecule has 3 nitrogen and oxygen atoms in total. The molecule has 37 heavy (non-hydrogen) atoms. The Labute approximate surface area is 226 Å². The van der Waals surface area contributed by atoms with Crippen LogP contribution in [0.1, 0.15) is 74.8 Å². The highest BCUT2D eigenvalue weighted by molar-refractivity contribution is 6.30. The van der Waals surface area contributed by atoms with Crippen molar-refractivity contribution in [1.29, 1.82) is 0 Å². The van der Waals surface area contributed by atoms with Crippen molar-refractivity contribution in [1.82, 2.24) is 4.90 Å². The van der Waals surface area contributed by atoms with Crippen LogP contribution in [0.5, 0.6) is 11.5 Å². The standard InChI is InChI=1S/C33H38ClNO2/c1-6-15-33(5,28-19-25(34)13-12-22(28)2)24-17-29(36)31-26-21-35(20-23-10-8-7-9-11-23)16-14-27(26)32(3,4)37-30(31)18-24/h7-13,17-19,36H,6,14-16,20-21H2,1-5H3. The van der Waals surface area contributed by atoms with Gasteiger partial charge in [0, 0.05) is 30.1 Å². The monoisotopic (exact) mass is 515 g/mol. The Hall–Kier alpha value is -2.75. The fourth-order valence-electron chi connectivity index (χ4n) is 6.45. The highest BCUT2D eigenvalue weighted by Crippen LogP contribution is 2.51. The number of hydrogen-bond donors (Lipinski definition) is 1. The third kappa shape index (κ3) is 4.80. The molecule has 3 aromatic rings. The minimum Gasteiger partial charge on any atom is -0.507 e. The van der Waals surface area contributed by atoms with Crippen LogP contribution in [0.25, 0.3) is 5.57 Å². The van der Waals surface area contributed by atoms with Crippen LogP contribution in [0.4, 0.5) is 0 Å². The van der Waals surface area contributed by atoms with E-state index in [2.05, 4.69) is 88.0 Å². The number of phenolic OH excluding ortho intramolecular Hbond substituents is 1. The topological polar surface area (TPSA) is 32.7 Å². The molecule has 0 saturated carbocycles. The van der Waals surface area contributed by atoms with Crippen LogP contribution in [-0.4, -0.2) is 28.7 Å². The van der Waals surface area contributed by atoms with E-state index in [1.54, 1.807) is 0 Å². The second kappa shape index (κ2) is 9.85. The predicted octanol–water partition coefficient (Wildman–Crippen LogP) is 8.29. The Kier molecular flexibility index (Phi) is 6.89. The van der Waals surface area contributed by atoms with E-state index < -0.39 is 5.60 Å². The van der Waals surface area contributed by atoms with Gasteiger partial charge in [0.2, 0.25) is 0 Å². The molecule has 3 aromatic carbocycles. The molecule has 2 aliphatic rings. The second-order valence-corrected chi connectivity index (χ2v) is 11.9. The lowest BCUT2D eigenvalue weighted by Crippen LogP contribution is -2.42. The molecule has 4 heteroatoms. The van der Waals surface area contributed by atoms with E-state index in [1.807, 2.05) is 12.1 Å². The number of benzene rings is 3. The molecule has 1 unspecified atom stereocenters. The zero-order valence-electron chi connectivity index (χ0n) is 22.7. The van der Waals surface area contributed by atoms with E-state index in [0.717, 1.165) is 60.8 Å². The van der Waals surface area contributed by atoms with Gasteiger partial charge in [0.05, 0.1) is 5.56 Å². The molecular weight excluding hydrogens is 478 g/mol. The van der Waals surface area contributed by atoms with Crippen molar-refractivity contribution < 1.29 is 9.84 Å². The van der Waals surface area contributed by atoms with Crippen molar-refractivity contribution in [2.45, 2.75) is 71.4 Å². The first-order valence-electron chi connectivity index (χ1n) is 13.4. The number of rotatable bonds is 6. The van der Waals surface area contributed by atoms with Gasteiger partial charge in [-0.15, -0.1) is 0 Å². The number of ether oxygens (including phenoxy) is 1. The summed E-state index contributed by atoms with van der Waals surface area (Å²) in [6.45, 7) is 13.6. The first-order chi connectivity index (χ1) is 17.6. The minimum absolute atomic E-state index is 0.301. The maximum Gasteiger partial charge on any atom is 0.132 e. The smallest absolute Gasteiger partial charge is 0.132 e. The fraction of sp³-hybridized carbons (Fsp3) is 0.394. The van der Waals surface area contributed by atoms with Crippen molar-refractivity contribution in [2.24, 2.45) is 0 Å². The number of fused-ring (bicyclic) bond motifs is 2. The maximum absolute atomic E-state index is 11.6. The van der Waals surface area contributed by atoms with Crippen molar-refractivity contribution in [2.75, 3.05) is 13.1 Å². The van der Waals surface area contributed by atoms with Gasteiger partial charge in [-0.05, 0) is 91.3 Å². The van der Waals surface area contributed by atoms with E-state index in [0.29, 0.717) is 5.75 Å². The average molecular weight is 516 g/mol. The van der Waals surface area contributed by atoms with Crippen LogP contribution in [0.3, 0.4) is 0 Å². The summed E-state index contributed by atoms with van der Waals surface area (Å²) >= 11 is 6.46. The van der Waals surface area contributed by atoms with Crippen molar-refractivity contribution >= 4 is 17.2 Å². The van der Waals surface area contributed by atoms with E-state index in [4.69, 9.17) is 16.3 Å². The zero-order valence-corrected chi connectivity index (χ0v) is 23.5. The normalized spacial score (nSPS) is 18.5. The van der Waals surface area contributed by atoms with Crippen LogP contribution in [0.15, 0.2) is 66.2 Å². The molecule has 2 aliphatic heterocycles. The second-order valence-electron chi connectivity index (χ2n) is 11.4. The Bertz CT molecular complexity index is 1340. The number of aromatic hydroxyl groups is 1. The Morgan fingerprint density at radius 2 is 1.84 bits per heavy atom. The van der Waals surface area contributed by atoms with Gasteiger partial charge in [-0.3, -0.25) is 4.90 Å². The van der Waals surface area contributed by atoms with Gasteiger partial charge in [0.15, 0.2) is 0 Å². The molecule has 0 amide bonds. The first-order valence-corrected chi connectivity index (χ1v) is 13.8.